The molecule has 2 aliphatic rings. The average molecular weight is 400 g/mol. The average Bonchev–Trinajstić information content (AvgIpc) is 3.52. The molecule has 0 aromatic heterocycles. The van der Waals surface area contributed by atoms with Crippen LogP contribution in [0.1, 0.15) is 36.3 Å². The quantitative estimate of drug-likeness (QED) is 0.781. The van der Waals surface area contributed by atoms with Crippen molar-refractivity contribution in [2.45, 2.75) is 43.5 Å². The molecule has 4 nitrogen and oxygen atoms in total. The standard InChI is InChI=1S/C23H26F2N2O2/c24-19-8-6-18(7-9-19)20-14-21(20)26-16-23(25)10-12-27(13-11-23)22(28)29-15-17-4-2-1-3-5-17/h1-9,20-21,26H,10-16H2. The van der Waals surface area contributed by atoms with Crippen molar-refractivity contribution in [1.82, 2.24) is 10.2 Å². The van der Waals surface area contributed by atoms with Gasteiger partial charge in [-0.15, -0.1) is 0 Å². The highest BCUT2D eigenvalue weighted by atomic mass is 19.1. The minimum atomic E-state index is -1.31. The molecule has 2 aromatic carbocycles. The predicted octanol–water partition coefficient (Wildman–Crippen LogP) is 4.41. The molecule has 2 fully saturated rings. The second-order valence-electron chi connectivity index (χ2n) is 8.06. The molecule has 2 atom stereocenters. The summed E-state index contributed by atoms with van der Waals surface area (Å²) in [6.07, 6.45) is 1.16. The highest BCUT2D eigenvalue weighted by molar-refractivity contribution is 5.67. The maximum Gasteiger partial charge on any atom is 0.410 e. The summed E-state index contributed by atoms with van der Waals surface area (Å²) in [5, 5.41) is 3.32. The van der Waals surface area contributed by atoms with Crippen molar-refractivity contribution < 1.29 is 18.3 Å². The van der Waals surface area contributed by atoms with Crippen LogP contribution in [0.25, 0.3) is 0 Å². The van der Waals surface area contributed by atoms with Gasteiger partial charge in [0.2, 0.25) is 0 Å². The van der Waals surface area contributed by atoms with Crippen LogP contribution in [-0.2, 0) is 11.3 Å². The lowest BCUT2D eigenvalue weighted by Gasteiger charge is -2.36. The number of hydrogen-bond acceptors (Lipinski definition) is 3. The fourth-order valence-electron chi connectivity index (χ4n) is 3.89. The number of nitrogens with zero attached hydrogens (tertiary/aromatic N) is 1. The van der Waals surface area contributed by atoms with Gasteiger partial charge in [0.15, 0.2) is 0 Å². The molecule has 29 heavy (non-hydrogen) atoms. The van der Waals surface area contributed by atoms with Crippen LogP contribution in [-0.4, -0.2) is 42.3 Å². The number of benzene rings is 2. The number of piperidine rings is 1. The third-order valence-electron chi connectivity index (χ3n) is 5.89. The van der Waals surface area contributed by atoms with E-state index in [1.807, 2.05) is 30.3 Å². The maximum absolute atomic E-state index is 15.1. The highest BCUT2D eigenvalue weighted by Crippen LogP contribution is 2.41. The van der Waals surface area contributed by atoms with Gasteiger partial charge < -0.3 is 15.0 Å². The molecule has 1 saturated carbocycles. The zero-order valence-corrected chi connectivity index (χ0v) is 16.3. The van der Waals surface area contributed by atoms with Gasteiger partial charge in [-0.25, -0.2) is 13.6 Å². The summed E-state index contributed by atoms with van der Waals surface area (Å²) < 4.78 is 33.5. The van der Waals surface area contributed by atoms with Crippen LogP contribution < -0.4 is 5.32 Å². The number of ether oxygens (including phenoxy) is 1. The van der Waals surface area contributed by atoms with E-state index < -0.39 is 5.67 Å². The predicted molar refractivity (Wildman–Crippen MR) is 107 cm³/mol. The van der Waals surface area contributed by atoms with Crippen LogP contribution in [0.4, 0.5) is 13.6 Å². The molecular weight excluding hydrogens is 374 g/mol. The van der Waals surface area contributed by atoms with E-state index in [1.165, 1.54) is 12.1 Å². The molecule has 6 heteroatoms. The third-order valence-corrected chi connectivity index (χ3v) is 5.89. The van der Waals surface area contributed by atoms with E-state index in [4.69, 9.17) is 4.74 Å². The summed E-state index contributed by atoms with van der Waals surface area (Å²) in [6.45, 7) is 1.23. The Morgan fingerprint density at radius 3 is 2.48 bits per heavy atom. The van der Waals surface area contributed by atoms with E-state index in [-0.39, 0.29) is 31.1 Å². The zero-order chi connectivity index (χ0) is 20.3. The number of rotatable bonds is 6. The monoisotopic (exact) mass is 400 g/mol. The Balaban J connectivity index is 1.18. The second-order valence-corrected chi connectivity index (χ2v) is 8.06. The van der Waals surface area contributed by atoms with Gasteiger partial charge in [0, 0.05) is 44.4 Å². The number of hydrogen-bond donors (Lipinski definition) is 1. The molecular formula is C23H26F2N2O2. The van der Waals surface area contributed by atoms with Gasteiger partial charge in [0.05, 0.1) is 0 Å². The van der Waals surface area contributed by atoms with Crippen molar-refractivity contribution in [2.24, 2.45) is 0 Å². The lowest BCUT2D eigenvalue weighted by molar-refractivity contribution is 0.0408. The van der Waals surface area contributed by atoms with Gasteiger partial charge in [-0.2, -0.15) is 0 Å². The van der Waals surface area contributed by atoms with Crippen molar-refractivity contribution in [1.29, 1.82) is 0 Å². The Labute approximate surface area is 169 Å². The Morgan fingerprint density at radius 2 is 1.79 bits per heavy atom. The number of carbonyl (C=O) groups excluding carboxylic acids is 1. The molecule has 0 spiro atoms. The SMILES string of the molecule is O=C(OCc1ccccc1)N1CCC(F)(CNC2CC2c2ccc(F)cc2)CC1. The fourth-order valence-corrected chi connectivity index (χ4v) is 3.89. The number of nitrogens with one attached hydrogen (secondary N) is 1. The number of alkyl halides is 1. The van der Waals surface area contributed by atoms with Gasteiger partial charge >= 0.3 is 6.09 Å². The molecule has 1 N–H and O–H groups in total. The summed E-state index contributed by atoms with van der Waals surface area (Å²) >= 11 is 0. The lowest BCUT2D eigenvalue weighted by atomic mass is 9.93. The van der Waals surface area contributed by atoms with Crippen molar-refractivity contribution >= 4 is 6.09 Å². The van der Waals surface area contributed by atoms with Crippen molar-refractivity contribution in [3.05, 3.63) is 71.5 Å². The molecule has 4 rings (SSSR count). The van der Waals surface area contributed by atoms with Gasteiger partial charge in [0.25, 0.3) is 0 Å². The minimum Gasteiger partial charge on any atom is -0.445 e. The Hall–Kier alpha value is -2.47. The lowest BCUT2D eigenvalue weighted by Crippen LogP contribution is -2.49. The van der Waals surface area contributed by atoms with E-state index in [0.29, 0.717) is 31.8 Å². The Bertz CT molecular complexity index is 821. The molecule has 1 aliphatic heterocycles. The summed E-state index contributed by atoms with van der Waals surface area (Å²) in [6, 6.07) is 16.3. The molecule has 1 heterocycles. The molecule has 1 saturated heterocycles. The smallest absolute Gasteiger partial charge is 0.410 e. The summed E-state index contributed by atoms with van der Waals surface area (Å²) in [5.74, 6) is 0.0860. The largest absolute Gasteiger partial charge is 0.445 e. The maximum atomic E-state index is 15.1. The van der Waals surface area contributed by atoms with E-state index in [9.17, 15) is 9.18 Å². The molecule has 0 bridgehead atoms. The Morgan fingerprint density at radius 1 is 1.10 bits per heavy atom. The van der Waals surface area contributed by atoms with Gasteiger partial charge in [0.1, 0.15) is 18.1 Å². The number of halogens is 2. The van der Waals surface area contributed by atoms with Crippen molar-refractivity contribution in [3.8, 4) is 0 Å². The van der Waals surface area contributed by atoms with E-state index in [0.717, 1.165) is 17.5 Å². The summed E-state index contributed by atoms with van der Waals surface area (Å²) in [7, 11) is 0. The number of amides is 1. The highest BCUT2D eigenvalue weighted by Gasteiger charge is 2.42. The summed E-state index contributed by atoms with van der Waals surface area (Å²) in [5.41, 5.74) is 0.710. The summed E-state index contributed by atoms with van der Waals surface area (Å²) in [4.78, 5) is 13.8. The molecule has 1 aliphatic carbocycles. The normalized spacial score (nSPS) is 22.9. The van der Waals surface area contributed by atoms with Crippen LogP contribution in [0.5, 0.6) is 0 Å². The first kappa shape index (κ1) is 19.8. The van der Waals surface area contributed by atoms with Gasteiger partial charge in [-0.05, 0) is 29.7 Å². The topological polar surface area (TPSA) is 41.6 Å². The first-order valence-electron chi connectivity index (χ1n) is 10.2. The van der Waals surface area contributed by atoms with Crippen LogP contribution in [0.15, 0.2) is 54.6 Å². The van der Waals surface area contributed by atoms with Gasteiger partial charge in [-0.3, -0.25) is 0 Å². The van der Waals surface area contributed by atoms with E-state index in [1.54, 1.807) is 17.0 Å². The fraction of sp³-hybridized carbons (Fsp3) is 0.435. The van der Waals surface area contributed by atoms with Crippen molar-refractivity contribution in [3.63, 3.8) is 0 Å². The number of likely N-dealkylation sites (tertiary alicyclic amines) is 1. The van der Waals surface area contributed by atoms with Crippen molar-refractivity contribution in [2.75, 3.05) is 19.6 Å². The Kier molecular flexibility index (Phi) is 5.81. The zero-order valence-electron chi connectivity index (χ0n) is 16.3. The first-order chi connectivity index (χ1) is 14.0. The second kappa shape index (κ2) is 8.49. The first-order valence-corrected chi connectivity index (χ1v) is 10.2. The molecule has 2 aromatic rings. The van der Waals surface area contributed by atoms with Crippen LogP contribution in [0.2, 0.25) is 0 Å². The van der Waals surface area contributed by atoms with E-state index >= 15 is 4.39 Å². The van der Waals surface area contributed by atoms with Gasteiger partial charge in [-0.1, -0.05) is 42.5 Å². The molecule has 2 unspecified atom stereocenters. The van der Waals surface area contributed by atoms with Crippen LogP contribution >= 0.6 is 0 Å². The van der Waals surface area contributed by atoms with Crippen LogP contribution in [0, 0.1) is 5.82 Å². The third kappa shape index (κ3) is 5.12. The molecule has 1 amide bonds. The van der Waals surface area contributed by atoms with E-state index in [2.05, 4.69) is 5.32 Å². The number of carbonyl (C=O) groups is 1. The minimum absolute atomic E-state index is 0.227. The van der Waals surface area contributed by atoms with Crippen LogP contribution in [0.3, 0.4) is 0 Å². The molecule has 0 radical (unpaired) electrons. The molecule has 154 valence electrons.